The molecule has 3 rings (SSSR count). The number of carboxylic acid groups (broad SMARTS) is 1. The van der Waals surface area contributed by atoms with Crippen molar-refractivity contribution in [2.45, 2.75) is 18.9 Å². The van der Waals surface area contributed by atoms with E-state index in [1.807, 2.05) is 28.8 Å². The number of hydrogen-bond donors (Lipinski definition) is 2. The lowest BCUT2D eigenvalue weighted by Gasteiger charge is -2.19. The second-order valence-corrected chi connectivity index (χ2v) is 6.21. The average molecular weight is 383 g/mol. The van der Waals surface area contributed by atoms with Gasteiger partial charge in [-0.3, -0.25) is 9.59 Å². The number of pyridine rings is 1. The number of carbonyl (C=O) groups is 2. The molecule has 1 unspecified atom stereocenters. The van der Waals surface area contributed by atoms with Crippen molar-refractivity contribution in [2.24, 2.45) is 0 Å². The summed E-state index contributed by atoms with van der Waals surface area (Å²) in [5, 5.41) is 12.0. The van der Waals surface area contributed by atoms with Crippen molar-refractivity contribution in [1.82, 2.24) is 14.7 Å². The molecule has 0 aliphatic carbocycles. The minimum atomic E-state index is -1.02. The first-order valence-electron chi connectivity index (χ1n) is 8.66. The predicted octanol–water partition coefficient (Wildman–Crippen LogP) is 2.23. The Hall–Kier alpha value is -3.55. The molecule has 0 aliphatic rings. The van der Waals surface area contributed by atoms with Crippen LogP contribution in [0.3, 0.4) is 0 Å². The second kappa shape index (κ2) is 8.43. The first-order chi connectivity index (χ1) is 13.5. The van der Waals surface area contributed by atoms with Gasteiger partial charge >= 0.3 is 5.97 Å². The van der Waals surface area contributed by atoms with Crippen LogP contribution in [0.25, 0.3) is 5.65 Å². The van der Waals surface area contributed by atoms with Gasteiger partial charge in [0.05, 0.1) is 38.8 Å². The maximum atomic E-state index is 12.5. The summed E-state index contributed by atoms with van der Waals surface area (Å²) in [6.07, 6.45) is 3.41. The van der Waals surface area contributed by atoms with E-state index in [4.69, 9.17) is 9.47 Å². The van der Waals surface area contributed by atoms with E-state index in [0.29, 0.717) is 22.8 Å². The smallest absolute Gasteiger partial charge is 0.305 e. The number of fused-ring (bicyclic) bond motifs is 1. The van der Waals surface area contributed by atoms with Gasteiger partial charge in [0.1, 0.15) is 5.65 Å². The highest BCUT2D eigenvalue weighted by Gasteiger charge is 2.20. The lowest BCUT2D eigenvalue weighted by Crippen LogP contribution is -2.31. The fourth-order valence-electron chi connectivity index (χ4n) is 2.98. The third-order valence-corrected chi connectivity index (χ3v) is 4.28. The zero-order valence-electron chi connectivity index (χ0n) is 15.6. The van der Waals surface area contributed by atoms with Gasteiger partial charge in [-0.25, -0.2) is 4.98 Å². The molecule has 8 heteroatoms. The monoisotopic (exact) mass is 383 g/mol. The number of carboxylic acids is 1. The molecule has 2 aromatic heterocycles. The number of benzene rings is 1. The normalized spacial score (nSPS) is 11.8. The number of methoxy groups -OCH3 is 2. The van der Waals surface area contributed by atoms with Crippen molar-refractivity contribution < 1.29 is 24.2 Å². The Bertz CT molecular complexity index is 965. The number of imidazole rings is 1. The zero-order chi connectivity index (χ0) is 20.1. The number of ether oxygens (including phenoxy) is 2. The molecule has 0 aliphatic heterocycles. The van der Waals surface area contributed by atoms with Crippen molar-refractivity contribution in [3.8, 4) is 11.5 Å². The number of rotatable bonds is 8. The summed E-state index contributed by atoms with van der Waals surface area (Å²) >= 11 is 0. The number of aliphatic carboxylic acids is 1. The summed E-state index contributed by atoms with van der Waals surface area (Å²) in [5.74, 6) is -0.349. The molecule has 0 spiro atoms. The van der Waals surface area contributed by atoms with Crippen molar-refractivity contribution in [1.29, 1.82) is 0 Å². The minimum absolute atomic E-state index is 0.0467. The van der Waals surface area contributed by atoms with Crippen molar-refractivity contribution >= 4 is 17.5 Å². The molecule has 1 amide bonds. The molecule has 3 aromatic rings. The molecule has 2 N–H and O–H groups in total. The maximum absolute atomic E-state index is 12.5. The quantitative estimate of drug-likeness (QED) is 0.618. The molecule has 0 radical (unpaired) electrons. The van der Waals surface area contributed by atoms with Crippen LogP contribution in [0.15, 0.2) is 48.8 Å². The van der Waals surface area contributed by atoms with E-state index in [9.17, 15) is 14.7 Å². The van der Waals surface area contributed by atoms with Gasteiger partial charge in [0.2, 0.25) is 5.91 Å². The second-order valence-electron chi connectivity index (χ2n) is 6.21. The molecule has 0 bridgehead atoms. The zero-order valence-corrected chi connectivity index (χ0v) is 15.6. The summed E-state index contributed by atoms with van der Waals surface area (Å²) < 4.78 is 12.3. The molecule has 0 saturated heterocycles. The lowest BCUT2D eigenvalue weighted by atomic mass is 10.0. The van der Waals surface area contributed by atoms with Crippen LogP contribution in [0.2, 0.25) is 0 Å². The first kappa shape index (κ1) is 19.2. The Kier molecular flexibility index (Phi) is 5.78. The van der Waals surface area contributed by atoms with Crippen LogP contribution < -0.4 is 14.8 Å². The third kappa shape index (κ3) is 4.40. The molecular weight excluding hydrogens is 362 g/mol. The van der Waals surface area contributed by atoms with E-state index < -0.39 is 12.0 Å². The summed E-state index contributed by atoms with van der Waals surface area (Å²) in [7, 11) is 3.01. The molecule has 1 atom stereocenters. The van der Waals surface area contributed by atoms with E-state index in [1.165, 1.54) is 14.2 Å². The largest absolute Gasteiger partial charge is 0.493 e. The van der Waals surface area contributed by atoms with Crippen LogP contribution >= 0.6 is 0 Å². The number of amides is 1. The fraction of sp³-hybridized carbons (Fsp3) is 0.250. The predicted molar refractivity (Wildman–Crippen MR) is 102 cm³/mol. The maximum Gasteiger partial charge on any atom is 0.305 e. The number of carbonyl (C=O) groups excluding carboxylic acids is 1. The molecule has 146 valence electrons. The van der Waals surface area contributed by atoms with Gasteiger partial charge in [0.25, 0.3) is 0 Å². The van der Waals surface area contributed by atoms with Gasteiger partial charge in [-0.2, -0.15) is 0 Å². The molecule has 28 heavy (non-hydrogen) atoms. The standard InChI is InChI=1S/C20H21N3O5/c1-27-16-7-6-13(9-17(16)28-2)15(11-20(25)26)22-19(24)10-14-12-23-8-4-3-5-18(23)21-14/h3-9,12,15H,10-11H2,1-2H3,(H,22,24)(H,25,26). The van der Waals surface area contributed by atoms with E-state index in [0.717, 1.165) is 5.65 Å². The van der Waals surface area contributed by atoms with Crippen LogP contribution in [-0.2, 0) is 16.0 Å². The third-order valence-electron chi connectivity index (χ3n) is 4.28. The van der Waals surface area contributed by atoms with Crippen LogP contribution in [0.5, 0.6) is 11.5 Å². The lowest BCUT2D eigenvalue weighted by molar-refractivity contribution is -0.137. The Labute approximate surface area is 161 Å². The number of nitrogens with one attached hydrogen (secondary N) is 1. The van der Waals surface area contributed by atoms with Gasteiger partial charge in [0, 0.05) is 12.4 Å². The van der Waals surface area contributed by atoms with Gasteiger partial charge < -0.3 is 24.3 Å². The molecule has 1 aromatic carbocycles. The Morgan fingerprint density at radius 1 is 1.18 bits per heavy atom. The number of nitrogens with zero attached hydrogens (tertiary/aromatic N) is 2. The van der Waals surface area contributed by atoms with Gasteiger partial charge in [-0.1, -0.05) is 12.1 Å². The topological polar surface area (TPSA) is 102 Å². The number of hydrogen-bond acceptors (Lipinski definition) is 5. The highest BCUT2D eigenvalue weighted by atomic mass is 16.5. The van der Waals surface area contributed by atoms with E-state index in [1.54, 1.807) is 24.4 Å². The highest BCUT2D eigenvalue weighted by molar-refractivity contribution is 5.80. The summed E-state index contributed by atoms with van der Waals surface area (Å²) in [4.78, 5) is 28.2. The van der Waals surface area contributed by atoms with E-state index in [2.05, 4.69) is 10.3 Å². The first-order valence-corrected chi connectivity index (χ1v) is 8.66. The van der Waals surface area contributed by atoms with Gasteiger partial charge in [-0.15, -0.1) is 0 Å². The Morgan fingerprint density at radius 3 is 2.64 bits per heavy atom. The average Bonchev–Trinajstić information content (AvgIpc) is 3.08. The highest BCUT2D eigenvalue weighted by Crippen LogP contribution is 2.31. The number of aromatic nitrogens is 2. The SMILES string of the molecule is COc1ccc(C(CC(=O)O)NC(=O)Cc2cn3ccccc3n2)cc1OC. The van der Waals surface area contributed by atoms with Crippen LogP contribution in [0.4, 0.5) is 0 Å². The van der Waals surface area contributed by atoms with Crippen molar-refractivity contribution in [2.75, 3.05) is 14.2 Å². The van der Waals surface area contributed by atoms with Crippen LogP contribution in [0, 0.1) is 0 Å². The molecule has 0 fully saturated rings. The van der Waals surface area contributed by atoms with Gasteiger partial charge in [-0.05, 0) is 29.8 Å². The minimum Gasteiger partial charge on any atom is -0.493 e. The Morgan fingerprint density at radius 2 is 1.96 bits per heavy atom. The van der Waals surface area contributed by atoms with E-state index >= 15 is 0 Å². The molecule has 2 heterocycles. The molecule has 0 saturated carbocycles. The summed E-state index contributed by atoms with van der Waals surface area (Å²) in [5.41, 5.74) is 1.96. The van der Waals surface area contributed by atoms with Gasteiger partial charge in [0.15, 0.2) is 11.5 Å². The molecular formula is C20H21N3O5. The fourth-order valence-corrected chi connectivity index (χ4v) is 2.98. The Balaban J connectivity index is 1.78. The summed E-state index contributed by atoms with van der Waals surface area (Å²) in [6, 6.07) is 9.93. The van der Waals surface area contributed by atoms with Crippen LogP contribution in [0.1, 0.15) is 23.7 Å². The van der Waals surface area contributed by atoms with Crippen LogP contribution in [-0.4, -0.2) is 40.6 Å². The van der Waals surface area contributed by atoms with Crippen molar-refractivity contribution in [3.63, 3.8) is 0 Å². The molecule has 8 nitrogen and oxygen atoms in total. The summed E-state index contributed by atoms with van der Waals surface area (Å²) in [6.45, 7) is 0. The van der Waals surface area contributed by atoms with E-state index in [-0.39, 0.29) is 18.7 Å². The van der Waals surface area contributed by atoms with Crippen molar-refractivity contribution in [3.05, 3.63) is 60.0 Å².